The molecule has 2 N–H and O–H groups in total. The number of benzene rings is 1. The maximum atomic E-state index is 12.3. The van der Waals surface area contributed by atoms with Crippen LogP contribution >= 0.6 is 0 Å². The molecule has 2 aromatic rings. The molecule has 0 saturated heterocycles. The minimum absolute atomic E-state index is 0.0415. The third-order valence-electron chi connectivity index (χ3n) is 2.76. The van der Waals surface area contributed by atoms with Gasteiger partial charge in [-0.25, -0.2) is 8.42 Å². The van der Waals surface area contributed by atoms with Gasteiger partial charge >= 0.3 is 0 Å². The van der Waals surface area contributed by atoms with Gasteiger partial charge in [-0.3, -0.25) is 4.72 Å². The van der Waals surface area contributed by atoms with E-state index in [1.807, 2.05) is 19.1 Å². The molecule has 0 aliphatic heterocycles. The molecular weight excluding hydrogens is 266 g/mol. The second-order valence-corrected chi connectivity index (χ2v) is 5.86. The third-order valence-corrected chi connectivity index (χ3v) is 4.23. The highest BCUT2D eigenvalue weighted by Crippen LogP contribution is 2.24. The summed E-state index contributed by atoms with van der Waals surface area (Å²) < 4.78 is 32.2. The fourth-order valence-corrected chi connectivity index (χ4v) is 3.09. The summed E-state index contributed by atoms with van der Waals surface area (Å²) in [6, 6.07) is 8.43. The second-order valence-electron chi connectivity index (χ2n) is 4.21. The Morgan fingerprint density at radius 1 is 1.26 bits per heavy atom. The first-order chi connectivity index (χ1) is 8.94. The highest BCUT2D eigenvalue weighted by atomic mass is 32.2. The topological polar surface area (TPSA) is 79.5 Å². The zero-order valence-corrected chi connectivity index (χ0v) is 11.5. The van der Waals surface area contributed by atoms with Gasteiger partial charge in [0, 0.05) is 6.07 Å². The van der Waals surface area contributed by atoms with E-state index in [0.717, 1.165) is 5.56 Å². The Morgan fingerprint density at radius 2 is 1.95 bits per heavy atom. The molecule has 5 nitrogen and oxygen atoms in total. The molecule has 102 valence electrons. The van der Waals surface area contributed by atoms with Crippen LogP contribution in [0, 0.1) is 13.8 Å². The average Bonchev–Trinajstić information content (AvgIpc) is 2.74. The van der Waals surface area contributed by atoms with Gasteiger partial charge in [-0.05, 0) is 25.5 Å². The predicted molar refractivity (Wildman–Crippen MR) is 71.4 cm³/mol. The van der Waals surface area contributed by atoms with Crippen molar-refractivity contribution in [1.82, 2.24) is 0 Å². The molecule has 6 heteroatoms. The van der Waals surface area contributed by atoms with Crippen molar-refractivity contribution in [3.8, 4) is 0 Å². The summed E-state index contributed by atoms with van der Waals surface area (Å²) in [7, 11) is -3.71. The van der Waals surface area contributed by atoms with Crippen molar-refractivity contribution in [3.63, 3.8) is 0 Å². The summed E-state index contributed by atoms with van der Waals surface area (Å²) in [5, 5.41) is 8.97. The molecule has 0 radical (unpaired) electrons. The van der Waals surface area contributed by atoms with Crippen molar-refractivity contribution >= 4 is 15.7 Å². The first kappa shape index (κ1) is 13.6. The molecule has 0 spiro atoms. The minimum Gasteiger partial charge on any atom is -0.462 e. The lowest BCUT2D eigenvalue weighted by Gasteiger charge is -2.09. The molecule has 2 rings (SSSR count). The minimum atomic E-state index is -3.71. The number of hydrogen-bond acceptors (Lipinski definition) is 4. The van der Waals surface area contributed by atoms with Gasteiger partial charge in [-0.1, -0.05) is 18.2 Å². The van der Waals surface area contributed by atoms with Crippen molar-refractivity contribution < 1.29 is 17.9 Å². The van der Waals surface area contributed by atoms with Gasteiger partial charge in [0.25, 0.3) is 10.0 Å². The van der Waals surface area contributed by atoms with Crippen LogP contribution in [-0.4, -0.2) is 13.5 Å². The van der Waals surface area contributed by atoms with E-state index >= 15 is 0 Å². The van der Waals surface area contributed by atoms with Crippen LogP contribution in [0.15, 0.2) is 39.6 Å². The molecule has 0 fully saturated rings. The Morgan fingerprint density at radius 3 is 2.53 bits per heavy atom. The Kier molecular flexibility index (Phi) is 3.64. The Labute approximate surface area is 111 Å². The van der Waals surface area contributed by atoms with E-state index in [1.165, 1.54) is 6.07 Å². The summed E-state index contributed by atoms with van der Waals surface area (Å²) in [6.07, 6.45) is 0. The quantitative estimate of drug-likeness (QED) is 0.900. The number of aliphatic hydroxyl groups excluding tert-OH is 1. The number of hydrogen-bond donors (Lipinski definition) is 2. The van der Waals surface area contributed by atoms with Gasteiger partial charge in [-0.2, -0.15) is 0 Å². The summed E-state index contributed by atoms with van der Waals surface area (Å²) >= 11 is 0. The van der Waals surface area contributed by atoms with E-state index < -0.39 is 10.0 Å². The van der Waals surface area contributed by atoms with Crippen molar-refractivity contribution in [2.45, 2.75) is 25.3 Å². The van der Waals surface area contributed by atoms with Crippen molar-refractivity contribution in [2.24, 2.45) is 0 Å². The molecule has 19 heavy (non-hydrogen) atoms. The van der Waals surface area contributed by atoms with Crippen LogP contribution < -0.4 is 4.72 Å². The Hall–Kier alpha value is -1.79. The van der Waals surface area contributed by atoms with Gasteiger partial charge in [0.2, 0.25) is 0 Å². The van der Waals surface area contributed by atoms with Gasteiger partial charge < -0.3 is 9.52 Å². The molecule has 0 aliphatic rings. The molecule has 0 atom stereocenters. The SMILES string of the molecule is Cc1ccccc1NS(=O)(=O)c1cc(CO)oc1C. The highest BCUT2D eigenvalue weighted by molar-refractivity contribution is 7.92. The van der Waals surface area contributed by atoms with E-state index in [-0.39, 0.29) is 23.0 Å². The van der Waals surface area contributed by atoms with Gasteiger partial charge in [-0.15, -0.1) is 0 Å². The monoisotopic (exact) mass is 281 g/mol. The lowest BCUT2D eigenvalue weighted by molar-refractivity contribution is 0.245. The average molecular weight is 281 g/mol. The van der Waals surface area contributed by atoms with Crippen LogP contribution in [-0.2, 0) is 16.6 Å². The molecule has 1 heterocycles. The normalized spacial score (nSPS) is 11.5. The Balaban J connectivity index is 2.38. The summed E-state index contributed by atoms with van der Waals surface area (Å²) in [5.41, 5.74) is 1.35. The van der Waals surface area contributed by atoms with Crippen LogP contribution in [0.25, 0.3) is 0 Å². The van der Waals surface area contributed by atoms with E-state index in [4.69, 9.17) is 9.52 Å². The smallest absolute Gasteiger partial charge is 0.265 e. The molecule has 1 aromatic heterocycles. The predicted octanol–water partition coefficient (Wildman–Crippen LogP) is 2.19. The molecule has 0 unspecified atom stereocenters. The number of aliphatic hydroxyl groups is 1. The fourth-order valence-electron chi connectivity index (χ4n) is 1.76. The van der Waals surface area contributed by atoms with Crippen LogP contribution in [0.3, 0.4) is 0 Å². The first-order valence-corrected chi connectivity index (χ1v) is 7.21. The van der Waals surface area contributed by atoms with Crippen molar-refractivity contribution in [2.75, 3.05) is 4.72 Å². The van der Waals surface area contributed by atoms with E-state index in [1.54, 1.807) is 19.1 Å². The summed E-state index contributed by atoms with van der Waals surface area (Å²) in [4.78, 5) is 0.0415. The molecule has 0 aliphatic carbocycles. The van der Waals surface area contributed by atoms with Gasteiger partial charge in [0.1, 0.15) is 23.0 Å². The van der Waals surface area contributed by atoms with Gasteiger partial charge in [0.05, 0.1) is 5.69 Å². The first-order valence-electron chi connectivity index (χ1n) is 5.72. The number of anilines is 1. The summed E-state index contributed by atoms with van der Waals surface area (Å²) in [6.45, 7) is 3.03. The zero-order chi connectivity index (χ0) is 14.0. The standard InChI is InChI=1S/C13H15NO4S/c1-9-5-3-4-6-12(9)14-19(16,17)13-7-11(8-15)18-10(13)2/h3-7,14-15H,8H2,1-2H3. The lowest BCUT2D eigenvalue weighted by Crippen LogP contribution is -2.13. The fraction of sp³-hybridized carbons (Fsp3) is 0.231. The number of para-hydroxylation sites is 1. The highest BCUT2D eigenvalue weighted by Gasteiger charge is 2.21. The van der Waals surface area contributed by atoms with Crippen LogP contribution in [0.2, 0.25) is 0 Å². The molecular formula is C13H15NO4S. The number of rotatable bonds is 4. The maximum Gasteiger partial charge on any atom is 0.265 e. The molecule has 0 bridgehead atoms. The van der Waals surface area contributed by atoms with Crippen LogP contribution in [0.5, 0.6) is 0 Å². The van der Waals surface area contributed by atoms with E-state index in [0.29, 0.717) is 5.69 Å². The zero-order valence-electron chi connectivity index (χ0n) is 10.7. The van der Waals surface area contributed by atoms with Crippen LogP contribution in [0.1, 0.15) is 17.1 Å². The number of sulfonamides is 1. The Bertz CT molecular complexity index is 688. The van der Waals surface area contributed by atoms with Gasteiger partial charge in [0.15, 0.2) is 0 Å². The van der Waals surface area contributed by atoms with Crippen molar-refractivity contribution in [3.05, 3.63) is 47.4 Å². The maximum absolute atomic E-state index is 12.3. The third kappa shape index (κ3) is 2.80. The number of nitrogens with one attached hydrogen (secondary N) is 1. The molecule has 1 aromatic carbocycles. The number of aryl methyl sites for hydroxylation is 2. The largest absolute Gasteiger partial charge is 0.462 e. The molecule has 0 amide bonds. The molecule has 0 saturated carbocycles. The lowest BCUT2D eigenvalue weighted by atomic mass is 10.2. The van der Waals surface area contributed by atoms with Crippen molar-refractivity contribution in [1.29, 1.82) is 0 Å². The second kappa shape index (κ2) is 5.07. The van der Waals surface area contributed by atoms with E-state index in [9.17, 15) is 8.42 Å². The van der Waals surface area contributed by atoms with Crippen LogP contribution in [0.4, 0.5) is 5.69 Å². The van der Waals surface area contributed by atoms with E-state index in [2.05, 4.69) is 4.72 Å². The summed E-state index contributed by atoms with van der Waals surface area (Å²) in [5.74, 6) is 0.479. The number of furan rings is 1.